The maximum absolute atomic E-state index is 11.8. The molecule has 124 valence electrons. The molecule has 0 spiro atoms. The van der Waals surface area contributed by atoms with Gasteiger partial charge in [-0.3, -0.25) is 0 Å². The molecule has 2 aliphatic heterocycles. The third-order valence-electron chi connectivity index (χ3n) is 4.17. The molecule has 2 fully saturated rings. The largest absolute Gasteiger partial charge is 0.461 e. The number of anilines is 1. The highest BCUT2D eigenvalue weighted by Gasteiger charge is 2.32. The van der Waals surface area contributed by atoms with Gasteiger partial charge < -0.3 is 20.3 Å². The number of carbonyl (C=O) groups is 2. The first kappa shape index (κ1) is 15.6. The molecule has 0 radical (unpaired) electrons. The minimum absolute atomic E-state index is 0.143. The molecule has 2 atom stereocenters. The predicted molar refractivity (Wildman–Crippen MR) is 85.0 cm³/mol. The molecule has 3 heterocycles. The molecule has 0 saturated carbocycles. The van der Waals surface area contributed by atoms with Crippen LogP contribution in [-0.4, -0.2) is 42.2 Å². The molecule has 1 aromatic heterocycles. The zero-order chi connectivity index (χ0) is 16.2. The summed E-state index contributed by atoms with van der Waals surface area (Å²) in [6.07, 6.45) is 4.58. The third-order valence-corrected chi connectivity index (χ3v) is 4.17. The molecule has 2 unspecified atom stereocenters. The van der Waals surface area contributed by atoms with Gasteiger partial charge in [0, 0.05) is 32.3 Å². The molecule has 2 aliphatic rings. The number of hydrogen-bond donors (Lipinski definition) is 2. The van der Waals surface area contributed by atoms with E-state index >= 15 is 0 Å². The average molecular weight is 318 g/mol. The lowest BCUT2D eigenvalue weighted by atomic mass is 10.2. The lowest BCUT2D eigenvalue weighted by Gasteiger charge is -2.16. The first-order valence-electron chi connectivity index (χ1n) is 8.06. The number of nitrogens with one attached hydrogen (secondary N) is 2. The summed E-state index contributed by atoms with van der Waals surface area (Å²) in [4.78, 5) is 30.0. The number of pyridine rings is 1. The van der Waals surface area contributed by atoms with Gasteiger partial charge in [0.2, 0.25) is 0 Å². The van der Waals surface area contributed by atoms with Crippen molar-refractivity contribution in [1.29, 1.82) is 0 Å². The Balaban J connectivity index is 1.46. The molecule has 23 heavy (non-hydrogen) atoms. The lowest BCUT2D eigenvalue weighted by molar-refractivity contribution is -0.142. The predicted octanol–water partition coefficient (Wildman–Crippen LogP) is 1.18. The molecule has 0 aliphatic carbocycles. The number of urea groups is 1. The van der Waals surface area contributed by atoms with Crippen LogP contribution in [0.5, 0.6) is 0 Å². The molecule has 3 rings (SSSR count). The summed E-state index contributed by atoms with van der Waals surface area (Å²) in [5.74, 6) is 0.614. The molecule has 0 aromatic carbocycles. The summed E-state index contributed by atoms with van der Waals surface area (Å²) in [5, 5.41) is 5.37. The smallest absolute Gasteiger partial charge is 0.329 e. The normalized spacial score (nSPS) is 23.7. The van der Waals surface area contributed by atoms with Gasteiger partial charge in [0.1, 0.15) is 18.0 Å². The minimum Gasteiger partial charge on any atom is -0.461 e. The third kappa shape index (κ3) is 3.91. The van der Waals surface area contributed by atoms with Gasteiger partial charge in [-0.2, -0.15) is 0 Å². The number of nitrogens with zero attached hydrogens (tertiary/aromatic N) is 2. The molecule has 2 N–H and O–H groups in total. The first-order valence-corrected chi connectivity index (χ1v) is 8.06. The zero-order valence-electron chi connectivity index (χ0n) is 13.2. The highest BCUT2D eigenvalue weighted by molar-refractivity contribution is 5.84. The van der Waals surface area contributed by atoms with Gasteiger partial charge in [-0.05, 0) is 31.4 Å². The Morgan fingerprint density at radius 3 is 2.78 bits per heavy atom. The Labute approximate surface area is 135 Å². The topological polar surface area (TPSA) is 83.6 Å². The second kappa shape index (κ2) is 6.85. The van der Waals surface area contributed by atoms with Gasteiger partial charge in [0.15, 0.2) is 0 Å². The molecule has 7 nitrogen and oxygen atoms in total. The second-order valence-electron chi connectivity index (χ2n) is 6.08. The van der Waals surface area contributed by atoms with Crippen LogP contribution in [-0.2, 0) is 16.1 Å². The van der Waals surface area contributed by atoms with Gasteiger partial charge in [-0.1, -0.05) is 6.07 Å². The van der Waals surface area contributed by atoms with Crippen molar-refractivity contribution in [2.24, 2.45) is 0 Å². The standard InChI is InChI=1S/C16H22N4O3/c1-11-8-13(15(21)23-11)19-16(22)18-10-12-4-5-14(17-9-12)20-6-2-3-7-20/h4-5,9,11,13H,2-3,6-8,10H2,1H3,(H2,18,19,22). The van der Waals surface area contributed by atoms with Crippen LogP contribution in [0.1, 0.15) is 31.7 Å². The summed E-state index contributed by atoms with van der Waals surface area (Å²) in [6, 6.07) is 3.02. The van der Waals surface area contributed by atoms with Crippen LogP contribution >= 0.6 is 0 Å². The van der Waals surface area contributed by atoms with Crippen LogP contribution in [0.15, 0.2) is 18.3 Å². The van der Waals surface area contributed by atoms with Crippen LogP contribution in [0.3, 0.4) is 0 Å². The average Bonchev–Trinajstić information content (AvgIpc) is 3.16. The highest BCUT2D eigenvalue weighted by atomic mass is 16.6. The summed E-state index contributed by atoms with van der Waals surface area (Å²) in [5.41, 5.74) is 0.922. The van der Waals surface area contributed by atoms with E-state index in [1.54, 1.807) is 6.20 Å². The Morgan fingerprint density at radius 1 is 1.39 bits per heavy atom. The molecule has 2 saturated heterocycles. The number of aromatic nitrogens is 1. The molecule has 2 amide bonds. The van der Waals surface area contributed by atoms with Crippen molar-refractivity contribution in [3.8, 4) is 0 Å². The van der Waals surface area contributed by atoms with Crippen molar-refractivity contribution < 1.29 is 14.3 Å². The fourth-order valence-corrected chi connectivity index (χ4v) is 2.92. The van der Waals surface area contributed by atoms with Crippen LogP contribution < -0.4 is 15.5 Å². The summed E-state index contributed by atoms with van der Waals surface area (Å²) in [7, 11) is 0. The second-order valence-corrected chi connectivity index (χ2v) is 6.08. The number of hydrogen-bond acceptors (Lipinski definition) is 5. The Hall–Kier alpha value is -2.31. The molecular formula is C16H22N4O3. The molecular weight excluding hydrogens is 296 g/mol. The van der Waals surface area contributed by atoms with Crippen LogP contribution in [0, 0.1) is 0 Å². The lowest BCUT2D eigenvalue weighted by Crippen LogP contribution is -2.43. The van der Waals surface area contributed by atoms with Crippen LogP contribution in [0.25, 0.3) is 0 Å². The van der Waals surface area contributed by atoms with E-state index in [-0.39, 0.29) is 18.1 Å². The molecule has 7 heteroatoms. The fraction of sp³-hybridized carbons (Fsp3) is 0.562. The van der Waals surface area contributed by atoms with E-state index in [9.17, 15) is 9.59 Å². The Bertz CT molecular complexity index is 569. The van der Waals surface area contributed by atoms with Gasteiger partial charge in [-0.25, -0.2) is 14.6 Å². The van der Waals surface area contributed by atoms with Crippen LogP contribution in [0.4, 0.5) is 10.6 Å². The quantitative estimate of drug-likeness (QED) is 0.815. The minimum atomic E-state index is -0.555. The zero-order valence-corrected chi connectivity index (χ0v) is 13.2. The van der Waals surface area contributed by atoms with E-state index in [0.717, 1.165) is 24.5 Å². The monoisotopic (exact) mass is 318 g/mol. The SMILES string of the molecule is CC1CC(NC(=O)NCc2ccc(N3CCCC3)nc2)C(=O)O1. The van der Waals surface area contributed by atoms with E-state index in [1.807, 2.05) is 19.1 Å². The number of rotatable bonds is 4. The van der Waals surface area contributed by atoms with Crippen molar-refractivity contribution in [2.45, 2.75) is 44.9 Å². The number of carbonyl (C=O) groups excluding carboxylic acids is 2. The van der Waals surface area contributed by atoms with Gasteiger partial charge >= 0.3 is 12.0 Å². The van der Waals surface area contributed by atoms with E-state index in [0.29, 0.717) is 13.0 Å². The maximum atomic E-state index is 11.8. The van der Waals surface area contributed by atoms with Gasteiger partial charge in [-0.15, -0.1) is 0 Å². The summed E-state index contributed by atoms with van der Waals surface area (Å²) < 4.78 is 5.00. The van der Waals surface area contributed by atoms with Crippen molar-refractivity contribution in [3.05, 3.63) is 23.9 Å². The van der Waals surface area contributed by atoms with Crippen molar-refractivity contribution in [1.82, 2.24) is 15.6 Å². The maximum Gasteiger partial charge on any atom is 0.329 e. The van der Waals surface area contributed by atoms with Crippen LogP contribution in [0.2, 0.25) is 0 Å². The number of esters is 1. The van der Waals surface area contributed by atoms with Gasteiger partial charge in [0.25, 0.3) is 0 Å². The fourth-order valence-electron chi connectivity index (χ4n) is 2.92. The van der Waals surface area contributed by atoms with Crippen molar-refractivity contribution in [3.63, 3.8) is 0 Å². The van der Waals surface area contributed by atoms with E-state index in [1.165, 1.54) is 12.8 Å². The first-order chi connectivity index (χ1) is 11.1. The van der Waals surface area contributed by atoms with Gasteiger partial charge in [0.05, 0.1) is 0 Å². The number of ether oxygens (including phenoxy) is 1. The van der Waals surface area contributed by atoms with Crippen molar-refractivity contribution >= 4 is 17.8 Å². The number of amides is 2. The van der Waals surface area contributed by atoms with E-state index < -0.39 is 6.04 Å². The highest BCUT2D eigenvalue weighted by Crippen LogP contribution is 2.17. The summed E-state index contributed by atoms with van der Waals surface area (Å²) >= 11 is 0. The Morgan fingerprint density at radius 2 is 2.17 bits per heavy atom. The number of cyclic esters (lactones) is 1. The summed E-state index contributed by atoms with van der Waals surface area (Å²) in [6.45, 7) is 4.30. The molecule has 0 bridgehead atoms. The Kier molecular flexibility index (Phi) is 4.64. The molecule has 1 aromatic rings. The van der Waals surface area contributed by atoms with E-state index in [4.69, 9.17) is 4.74 Å². The van der Waals surface area contributed by atoms with E-state index in [2.05, 4.69) is 20.5 Å². The van der Waals surface area contributed by atoms with Crippen molar-refractivity contribution in [2.75, 3.05) is 18.0 Å².